The Balaban J connectivity index is 2.67. The molecule has 2 heterocycles. The fraction of sp³-hybridized carbons (Fsp3) is 0.182. The molecule has 0 radical (unpaired) electrons. The second-order valence-electron chi connectivity index (χ2n) is 3.43. The number of hydrogen-bond acceptors (Lipinski definition) is 5. The van der Waals surface area contributed by atoms with Crippen molar-refractivity contribution in [3.63, 3.8) is 0 Å². The molecule has 2 aromatic heterocycles. The lowest BCUT2D eigenvalue weighted by molar-refractivity contribution is 0.0600. The molecule has 88 valence electrons. The van der Waals surface area contributed by atoms with E-state index < -0.39 is 5.97 Å². The fourth-order valence-corrected chi connectivity index (χ4v) is 1.50. The molecule has 0 spiro atoms. The summed E-state index contributed by atoms with van der Waals surface area (Å²) in [5.74, 6) is -0.472. The SMILES string of the molecule is COC(=O)c1ccn2c(=O)cc(CN)nc2c1. The van der Waals surface area contributed by atoms with E-state index in [1.165, 1.54) is 35.9 Å². The van der Waals surface area contributed by atoms with Gasteiger partial charge in [0.2, 0.25) is 0 Å². The minimum Gasteiger partial charge on any atom is -0.465 e. The first-order valence-electron chi connectivity index (χ1n) is 4.96. The number of fused-ring (bicyclic) bond motifs is 1. The first-order valence-corrected chi connectivity index (χ1v) is 4.96. The van der Waals surface area contributed by atoms with Gasteiger partial charge in [-0.25, -0.2) is 9.78 Å². The van der Waals surface area contributed by atoms with Crippen LogP contribution in [0.25, 0.3) is 5.65 Å². The summed E-state index contributed by atoms with van der Waals surface area (Å²) in [6.45, 7) is 0.175. The molecule has 2 aromatic rings. The van der Waals surface area contributed by atoms with E-state index in [0.29, 0.717) is 16.9 Å². The van der Waals surface area contributed by atoms with Gasteiger partial charge in [0.15, 0.2) is 0 Å². The third kappa shape index (κ3) is 2.02. The number of methoxy groups -OCH3 is 1. The Morgan fingerprint density at radius 2 is 2.29 bits per heavy atom. The van der Waals surface area contributed by atoms with Gasteiger partial charge in [0.05, 0.1) is 18.4 Å². The van der Waals surface area contributed by atoms with E-state index in [4.69, 9.17) is 5.73 Å². The Bertz CT molecular complexity index is 633. The highest BCUT2D eigenvalue weighted by Gasteiger charge is 2.08. The number of ether oxygens (including phenoxy) is 1. The van der Waals surface area contributed by atoms with E-state index in [1.807, 2.05) is 0 Å². The molecule has 17 heavy (non-hydrogen) atoms. The summed E-state index contributed by atoms with van der Waals surface area (Å²) in [5.41, 5.74) is 6.40. The van der Waals surface area contributed by atoms with Crippen LogP contribution in [0, 0.1) is 0 Å². The van der Waals surface area contributed by atoms with Crippen molar-refractivity contribution >= 4 is 11.6 Å². The number of carbonyl (C=O) groups excluding carboxylic acids is 1. The molecule has 0 fully saturated rings. The normalized spacial score (nSPS) is 10.5. The molecular weight excluding hydrogens is 222 g/mol. The minimum atomic E-state index is -0.472. The molecule has 0 saturated heterocycles. The summed E-state index contributed by atoms with van der Waals surface area (Å²) in [6, 6.07) is 4.36. The number of nitrogens with two attached hydrogens (primary N) is 1. The zero-order chi connectivity index (χ0) is 12.4. The molecule has 0 saturated carbocycles. The lowest BCUT2D eigenvalue weighted by Crippen LogP contribution is -2.17. The van der Waals surface area contributed by atoms with Crippen LogP contribution < -0.4 is 11.3 Å². The van der Waals surface area contributed by atoms with E-state index in [9.17, 15) is 9.59 Å². The number of carbonyl (C=O) groups is 1. The molecular formula is C11H11N3O3. The first-order chi connectivity index (χ1) is 8.15. The summed E-state index contributed by atoms with van der Waals surface area (Å²) in [7, 11) is 1.29. The summed E-state index contributed by atoms with van der Waals surface area (Å²) in [6.07, 6.45) is 1.48. The van der Waals surface area contributed by atoms with Gasteiger partial charge in [-0.05, 0) is 12.1 Å². The fourth-order valence-electron chi connectivity index (χ4n) is 1.50. The number of esters is 1. The van der Waals surface area contributed by atoms with Crippen molar-refractivity contribution in [1.82, 2.24) is 9.38 Å². The second-order valence-corrected chi connectivity index (χ2v) is 3.43. The van der Waals surface area contributed by atoms with Crippen LogP contribution in [0.4, 0.5) is 0 Å². The first kappa shape index (κ1) is 11.3. The van der Waals surface area contributed by atoms with Crippen molar-refractivity contribution in [2.45, 2.75) is 6.54 Å². The third-order valence-corrected chi connectivity index (χ3v) is 2.35. The van der Waals surface area contributed by atoms with E-state index in [0.717, 1.165) is 0 Å². The lowest BCUT2D eigenvalue weighted by Gasteiger charge is -2.04. The average molecular weight is 233 g/mol. The molecule has 6 heteroatoms. The highest BCUT2D eigenvalue weighted by molar-refractivity contribution is 5.90. The van der Waals surface area contributed by atoms with E-state index in [2.05, 4.69) is 9.72 Å². The van der Waals surface area contributed by atoms with Gasteiger partial charge in [0, 0.05) is 18.8 Å². The Labute approximate surface area is 96.7 Å². The quantitative estimate of drug-likeness (QED) is 0.734. The van der Waals surface area contributed by atoms with Gasteiger partial charge in [-0.15, -0.1) is 0 Å². The van der Waals surface area contributed by atoms with Gasteiger partial charge in [0.25, 0.3) is 5.56 Å². The van der Waals surface area contributed by atoms with Crippen LogP contribution in [-0.4, -0.2) is 22.5 Å². The zero-order valence-electron chi connectivity index (χ0n) is 9.21. The van der Waals surface area contributed by atoms with Crippen LogP contribution in [0.1, 0.15) is 16.1 Å². The van der Waals surface area contributed by atoms with Crippen LogP contribution in [0.3, 0.4) is 0 Å². The third-order valence-electron chi connectivity index (χ3n) is 2.35. The van der Waals surface area contributed by atoms with Crippen molar-refractivity contribution in [2.24, 2.45) is 5.73 Å². The number of nitrogens with zero attached hydrogens (tertiary/aromatic N) is 2. The van der Waals surface area contributed by atoms with Crippen LogP contribution in [0.15, 0.2) is 29.2 Å². The maximum atomic E-state index is 11.7. The van der Waals surface area contributed by atoms with Crippen LogP contribution >= 0.6 is 0 Å². The predicted octanol–water partition coefficient (Wildman–Crippen LogP) is -0.0602. The van der Waals surface area contributed by atoms with Crippen molar-refractivity contribution in [1.29, 1.82) is 0 Å². The molecule has 2 N–H and O–H groups in total. The molecule has 6 nitrogen and oxygen atoms in total. The molecule has 0 aromatic carbocycles. The van der Waals surface area contributed by atoms with Crippen LogP contribution in [0.2, 0.25) is 0 Å². The van der Waals surface area contributed by atoms with Crippen LogP contribution in [0.5, 0.6) is 0 Å². The number of rotatable bonds is 2. The molecule has 2 rings (SSSR count). The molecule has 0 aliphatic carbocycles. The van der Waals surface area contributed by atoms with Gasteiger partial charge >= 0.3 is 5.97 Å². The highest BCUT2D eigenvalue weighted by Crippen LogP contribution is 2.05. The van der Waals surface area contributed by atoms with E-state index in [1.54, 1.807) is 0 Å². The minimum absolute atomic E-state index is 0.175. The van der Waals surface area contributed by atoms with Gasteiger partial charge in [0.1, 0.15) is 5.65 Å². The summed E-state index contributed by atoms with van der Waals surface area (Å²) in [4.78, 5) is 27.2. The van der Waals surface area contributed by atoms with Gasteiger partial charge in [-0.3, -0.25) is 9.20 Å². The Morgan fingerprint density at radius 3 is 2.94 bits per heavy atom. The van der Waals surface area contributed by atoms with Gasteiger partial charge in [-0.2, -0.15) is 0 Å². The molecule has 0 aliphatic rings. The Hall–Kier alpha value is -2.21. The standard InChI is InChI=1S/C11H11N3O3/c1-17-11(16)7-2-3-14-9(4-7)13-8(6-12)5-10(14)15/h2-5H,6,12H2,1H3. The van der Waals surface area contributed by atoms with Crippen LogP contribution in [-0.2, 0) is 11.3 Å². The molecule has 0 amide bonds. The maximum Gasteiger partial charge on any atom is 0.338 e. The summed E-state index contributed by atoms with van der Waals surface area (Å²) < 4.78 is 5.93. The van der Waals surface area contributed by atoms with Crippen molar-refractivity contribution < 1.29 is 9.53 Å². The van der Waals surface area contributed by atoms with Crippen molar-refractivity contribution in [3.8, 4) is 0 Å². The van der Waals surface area contributed by atoms with Gasteiger partial charge in [-0.1, -0.05) is 0 Å². The number of aromatic nitrogens is 2. The highest BCUT2D eigenvalue weighted by atomic mass is 16.5. The Kier molecular flexibility index (Phi) is 2.88. The Morgan fingerprint density at radius 1 is 1.53 bits per heavy atom. The average Bonchev–Trinajstić information content (AvgIpc) is 2.36. The molecule has 0 aliphatic heterocycles. The molecule has 0 bridgehead atoms. The number of hydrogen-bond donors (Lipinski definition) is 1. The van der Waals surface area contributed by atoms with E-state index >= 15 is 0 Å². The van der Waals surface area contributed by atoms with Crippen molar-refractivity contribution in [2.75, 3.05) is 7.11 Å². The second kappa shape index (κ2) is 4.34. The predicted molar refractivity (Wildman–Crippen MR) is 60.7 cm³/mol. The summed E-state index contributed by atoms with van der Waals surface area (Å²) >= 11 is 0. The topological polar surface area (TPSA) is 86.7 Å². The van der Waals surface area contributed by atoms with Crippen molar-refractivity contribution in [3.05, 3.63) is 46.0 Å². The lowest BCUT2D eigenvalue weighted by atomic mass is 10.2. The van der Waals surface area contributed by atoms with E-state index in [-0.39, 0.29) is 12.1 Å². The van der Waals surface area contributed by atoms with Gasteiger partial charge < -0.3 is 10.5 Å². The summed E-state index contributed by atoms with van der Waals surface area (Å²) in [5, 5.41) is 0. The largest absolute Gasteiger partial charge is 0.465 e. The molecule has 0 atom stereocenters. The monoisotopic (exact) mass is 233 g/mol. The number of pyridine rings is 1. The zero-order valence-corrected chi connectivity index (χ0v) is 9.21. The molecule has 0 unspecified atom stereocenters. The smallest absolute Gasteiger partial charge is 0.338 e. The maximum absolute atomic E-state index is 11.7.